The van der Waals surface area contributed by atoms with E-state index in [2.05, 4.69) is 22.0 Å². The molecule has 1 atom stereocenters. The number of piperidine rings is 1. The lowest BCUT2D eigenvalue weighted by molar-refractivity contribution is 0.0602. The standard InChI is InChI=1S/C14H18N4O2/c1-17-7-3-5-10(9-17)12-15-13-11(14(19)20-2)6-4-8-18(13)16-12/h4,6,8,10H,3,5,7,9H2,1-2H3. The molecule has 3 rings (SSSR count). The van der Waals surface area contributed by atoms with Gasteiger partial charge in [0.1, 0.15) is 5.56 Å². The van der Waals surface area contributed by atoms with E-state index in [1.54, 1.807) is 16.6 Å². The minimum absolute atomic E-state index is 0.333. The fourth-order valence-corrected chi connectivity index (χ4v) is 2.74. The molecule has 2 aromatic heterocycles. The van der Waals surface area contributed by atoms with Crippen LogP contribution in [0.5, 0.6) is 0 Å². The smallest absolute Gasteiger partial charge is 0.341 e. The molecule has 0 bridgehead atoms. The van der Waals surface area contributed by atoms with Gasteiger partial charge in [0.15, 0.2) is 11.5 Å². The summed E-state index contributed by atoms with van der Waals surface area (Å²) in [5, 5.41) is 4.52. The predicted octanol–water partition coefficient (Wildman–Crippen LogP) is 1.33. The number of methoxy groups -OCH3 is 1. The van der Waals surface area contributed by atoms with Crippen LogP contribution in [0.15, 0.2) is 18.3 Å². The van der Waals surface area contributed by atoms with Crippen molar-refractivity contribution < 1.29 is 9.53 Å². The molecule has 1 aliphatic heterocycles. The largest absolute Gasteiger partial charge is 0.465 e. The molecule has 0 aliphatic carbocycles. The lowest BCUT2D eigenvalue weighted by Crippen LogP contribution is -2.31. The Morgan fingerprint density at radius 3 is 3.10 bits per heavy atom. The number of carbonyl (C=O) groups is 1. The second-order valence-corrected chi connectivity index (χ2v) is 5.25. The molecule has 1 aliphatic rings. The van der Waals surface area contributed by atoms with Gasteiger partial charge in [-0.15, -0.1) is 0 Å². The first kappa shape index (κ1) is 13.1. The quantitative estimate of drug-likeness (QED) is 0.773. The average Bonchev–Trinajstić information content (AvgIpc) is 2.90. The Bertz CT molecular complexity index is 637. The average molecular weight is 274 g/mol. The van der Waals surface area contributed by atoms with E-state index in [0.29, 0.717) is 17.1 Å². The van der Waals surface area contributed by atoms with Crippen LogP contribution in [0.4, 0.5) is 0 Å². The number of hydrogen-bond acceptors (Lipinski definition) is 5. The highest BCUT2D eigenvalue weighted by Crippen LogP contribution is 2.24. The third kappa shape index (κ3) is 2.27. The van der Waals surface area contributed by atoms with Gasteiger partial charge in [-0.05, 0) is 38.6 Å². The molecular formula is C14H18N4O2. The predicted molar refractivity (Wildman–Crippen MR) is 73.8 cm³/mol. The van der Waals surface area contributed by atoms with Crippen LogP contribution in [0.3, 0.4) is 0 Å². The van der Waals surface area contributed by atoms with Crippen molar-refractivity contribution >= 4 is 11.6 Å². The SMILES string of the molecule is COC(=O)c1cccn2nc(C3CCCN(C)C3)nc12. The van der Waals surface area contributed by atoms with E-state index >= 15 is 0 Å². The summed E-state index contributed by atoms with van der Waals surface area (Å²) < 4.78 is 6.45. The lowest BCUT2D eigenvalue weighted by atomic mass is 9.98. The van der Waals surface area contributed by atoms with Crippen molar-refractivity contribution in [1.29, 1.82) is 0 Å². The van der Waals surface area contributed by atoms with Gasteiger partial charge in [0.05, 0.1) is 7.11 Å². The number of carbonyl (C=O) groups excluding carboxylic acids is 1. The van der Waals surface area contributed by atoms with Crippen LogP contribution in [-0.4, -0.2) is 52.7 Å². The summed E-state index contributed by atoms with van der Waals surface area (Å²) >= 11 is 0. The Kier molecular flexibility index (Phi) is 3.40. The lowest BCUT2D eigenvalue weighted by Gasteiger charge is -2.27. The number of fused-ring (bicyclic) bond motifs is 1. The Labute approximate surface area is 117 Å². The van der Waals surface area contributed by atoms with Crippen LogP contribution >= 0.6 is 0 Å². The molecule has 1 unspecified atom stereocenters. The van der Waals surface area contributed by atoms with Crippen LogP contribution < -0.4 is 0 Å². The van der Waals surface area contributed by atoms with Crippen molar-refractivity contribution in [2.45, 2.75) is 18.8 Å². The maximum atomic E-state index is 11.8. The highest BCUT2D eigenvalue weighted by Gasteiger charge is 2.24. The highest BCUT2D eigenvalue weighted by atomic mass is 16.5. The first-order valence-corrected chi connectivity index (χ1v) is 6.81. The molecule has 2 aromatic rings. The molecule has 1 saturated heterocycles. The van der Waals surface area contributed by atoms with E-state index in [1.165, 1.54) is 7.11 Å². The van der Waals surface area contributed by atoms with Crippen molar-refractivity contribution in [3.05, 3.63) is 29.7 Å². The van der Waals surface area contributed by atoms with Crippen molar-refractivity contribution in [1.82, 2.24) is 19.5 Å². The number of pyridine rings is 1. The topological polar surface area (TPSA) is 59.7 Å². The minimum atomic E-state index is -0.379. The molecule has 0 saturated carbocycles. The van der Waals surface area contributed by atoms with Gasteiger partial charge in [-0.1, -0.05) is 0 Å². The van der Waals surface area contributed by atoms with Gasteiger partial charge < -0.3 is 9.64 Å². The van der Waals surface area contributed by atoms with Crippen molar-refractivity contribution in [3.63, 3.8) is 0 Å². The van der Waals surface area contributed by atoms with Gasteiger partial charge in [0, 0.05) is 18.7 Å². The molecule has 6 heteroatoms. The van der Waals surface area contributed by atoms with Gasteiger partial charge in [0.25, 0.3) is 0 Å². The highest BCUT2D eigenvalue weighted by molar-refractivity contribution is 5.95. The fraction of sp³-hybridized carbons (Fsp3) is 0.500. The Hall–Kier alpha value is -1.95. The molecule has 6 nitrogen and oxygen atoms in total. The zero-order valence-corrected chi connectivity index (χ0v) is 11.7. The summed E-state index contributed by atoms with van der Waals surface area (Å²) in [6.45, 7) is 2.09. The van der Waals surface area contributed by atoms with E-state index in [0.717, 1.165) is 31.8 Å². The summed E-state index contributed by atoms with van der Waals surface area (Å²) in [6, 6.07) is 3.50. The summed E-state index contributed by atoms with van der Waals surface area (Å²) in [5.41, 5.74) is 1.03. The molecule has 106 valence electrons. The monoisotopic (exact) mass is 274 g/mol. The zero-order valence-electron chi connectivity index (χ0n) is 11.7. The summed E-state index contributed by atoms with van der Waals surface area (Å²) in [7, 11) is 3.49. The van der Waals surface area contributed by atoms with Crippen LogP contribution in [0.2, 0.25) is 0 Å². The van der Waals surface area contributed by atoms with Crippen molar-refractivity contribution in [2.24, 2.45) is 0 Å². The van der Waals surface area contributed by atoms with Gasteiger partial charge in [0.2, 0.25) is 0 Å². The molecule has 0 spiro atoms. The third-order valence-electron chi connectivity index (χ3n) is 3.77. The number of likely N-dealkylation sites (tertiary alicyclic amines) is 1. The first-order valence-electron chi connectivity index (χ1n) is 6.81. The normalized spacial score (nSPS) is 20.2. The third-order valence-corrected chi connectivity index (χ3v) is 3.77. The van der Waals surface area contributed by atoms with Crippen molar-refractivity contribution in [2.75, 3.05) is 27.2 Å². The number of likely N-dealkylation sites (N-methyl/N-ethyl adjacent to an activating group) is 1. The van der Waals surface area contributed by atoms with E-state index in [9.17, 15) is 4.79 Å². The second kappa shape index (κ2) is 5.20. The van der Waals surface area contributed by atoms with E-state index in [4.69, 9.17) is 4.74 Å². The molecule has 3 heterocycles. The Morgan fingerprint density at radius 2 is 2.35 bits per heavy atom. The summed E-state index contributed by atoms with van der Waals surface area (Å²) in [4.78, 5) is 18.6. The van der Waals surface area contributed by atoms with E-state index in [-0.39, 0.29) is 5.97 Å². The second-order valence-electron chi connectivity index (χ2n) is 5.25. The van der Waals surface area contributed by atoms with Gasteiger partial charge >= 0.3 is 5.97 Å². The van der Waals surface area contributed by atoms with Crippen LogP contribution in [0.25, 0.3) is 5.65 Å². The molecule has 0 amide bonds. The number of hydrogen-bond donors (Lipinski definition) is 0. The molecule has 20 heavy (non-hydrogen) atoms. The van der Waals surface area contributed by atoms with E-state index in [1.807, 2.05) is 6.20 Å². The molecule has 1 fully saturated rings. The van der Waals surface area contributed by atoms with Crippen LogP contribution in [-0.2, 0) is 4.74 Å². The molecule has 0 N–H and O–H groups in total. The number of rotatable bonds is 2. The van der Waals surface area contributed by atoms with E-state index < -0.39 is 0 Å². The Balaban J connectivity index is 2.00. The van der Waals surface area contributed by atoms with Gasteiger partial charge in [-0.25, -0.2) is 14.3 Å². The summed E-state index contributed by atoms with van der Waals surface area (Å²) in [5.74, 6) is 0.766. The molecule has 0 aromatic carbocycles. The van der Waals surface area contributed by atoms with Gasteiger partial charge in [-0.2, -0.15) is 5.10 Å². The molecular weight excluding hydrogens is 256 g/mol. The molecule has 0 radical (unpaired) electrons. The van der Waals surface area contributed by atoms with Crippen LogP contribution in [0, 0.1) is 0 Å². The maximum Gasteiger partial charge on any atom is 0.341 e. The maximum absolute atomic E-state index is 11.8. The Morgan fingerprint density at radius 1 is 1.50 bits per heavy atom. The van der Waals surface area contributed by atoms with Gasteiger partial charge in [-0.3, -0.25) is 0 Å². The fourth-order valence-electron chi connectivity index (χ4n) is 2.74. The minimum Gasteiger partial charge on any atom is -0.465 e. The summed E-state index contributed by atoms with van der Waals surface area (Å²) in [6.07, 6.45) is 4.06. The first-order chi connectivity index (χ1) is 9.69. The van der Waals surface area contributed by atoms with Crippen molar-refractivity contribution in [3.8, 4) is 0 Å². The number of ether oxygens (including phenoxy) is 1. The van der Waals surface area contributed by atoms with Crippen LogP contribution in [0.1, 0.15) is 34.9 Å². The number of aromatic nitrogens is 3. The number of nitrogens with zero attached hydrogens (tertiary/aromatic N) is 4. The number of esters is 1. The zero-order chi connectivity index (χ0) is 14.1.